The Hall–Kier alpha value is -0.0800. The van der Waals surface area contributed by atoms with Crippen LogP contribution in [0.5, 0.6) is 0 Å². The molecule has 1 saturated heterocycles. The van der Waals surface area contributed by atoms with E-state index in [1.54, 1.807) is 0 Å². The lowest BCUT2D eigenvalue weighted by Crippen LogP contribution is -2.31. The van der Waals surface area contributed by atoms with Crippen LogP contribution in [0.2, 0.25) is 0 Å². The van der Waals surface area contributed by atoms with Gasteiger partial charge in [-0.1, -0.05) is 13.8 Å². The standard InChI is InChI=1S/C12H23NO/c1-9-5-10(2)7-12(6-9)14-11-3-4-13-8-11/h9-13H,3-8H2,1-2H3/t9?,10?,11-,12?/m0/s1. The molecular formula is C12H23NO. The molecule has 0 bridgehead atoms. The first kappa shape index (κ1) is 10.4. The molecule has 1 aliphatic carbocycles. The zero-order valence-corrected chi connectivity index (χ0v) is 9.46. The second-order valence-electron chi connectivity index (χ2n) is 5.29. The molecule has 2 unspecified atom stereocenters. The SMILES string of the molecule is CC1CC(C)CC(O[C@H]2CCNC2)C1. The van der Waals surface area contributed by atoms with Crippen LogP contribution in [0.1, 0.15) is 39.5 Å². The highest BCUT2D eigenvalue weighted by Crippen LogP contribution is 2.31. The van der Waals surface area contributed by atoms with Crippen LogP contribution >= 0.6 is 0 Å². The average molecular weight is 197 g/mol. The molecule has 3 atom stereocenters. The van der Waals surface area contributed by atoms with E-state index in [1.807, 2.05) is 0 Å². The van der Waals surface area contributed by atoms with Crippen molar-refractivity contribution in [1.29, 1.82) is 0 Å². The van der Waals surface area contributed by atoms with Crippen molar-refractivity contribution in [1.82, 2.24) is 5.32 Å². The van der Waals surface area contributed by atoms with E-state index in [-0.39, 0.29) is 0 Å². The summed E-state index contributed by atoms with van der Waals surface area (Å²) in [6, 6.07) is 0. The quantitative estimate of drug-likeness (QED) is 0.732. The summed E-state index contributed by atoms with van der Waals surface area (Å²) in [4.78, 5) is 0. The topological polar surface area (TPSA) is 21.3 Å². The van der Waals surface area contributed by atoms with Crippen LogP contribution in [-0.2, 0) is 4.74 Å². The molecule has 2 aliphatic rings. The number of rotatable bonds is 2. The lowest BCUT2D eigenvalue weighted by molar-refractivity contribution is -0.0401. The highest BCUT2D eigenvalue weighted by Gasteiger charge is 2.27. The number of hydrogen-bond acceptors (Lipinski definition) is 2. The second-order valence-corrected chi connectivity index (χ2v) is 5.29. The Bertz CT molecular complexity index is 167. The lowest BCUT2D eigenvalue weighted by Gasteiger charge is -2.33. The van der Waals surface area contributed by atoms with Crippen molar-refractivity contribution in [2.75, 3.05) is 13.1 Å². The first-order valence-corrected chi connectivity index (χ1v) is 6.10. The van der Waals surface area contributed by atoms with E-state index >= 15 is 0 Å². The Morgan fingerprint density at radius 3 is 2.29 bits per heavy atom. The van der Waals surface area contributed by atoms with Gasteiger partial charge in [0, 0.05) is 6.54 Å². The Morgan fingerprint density at radius 2 is 1.71 bits per heavy atom. The van der Waals surface area contributed by atoms with Gasteiger partial charge in [0.05, 0.1) is 12.2 Å². The fourth-order valence-corrected chi connectivity index (χ4v) is 3.00. The molecule has 82 valence electrons. The minimum atomic E-state index is 0.498. The summed E-state index contributed by atoms with van der Waals surface area (Å²) in [5, 5.41) is 3.36. The van der Waals surface area contributed by atoms with Crippen LogP contribution < -0.4 is 5.32 Å². The van der Waals surface area contributed by atoms with Crippen LogP contribution in [0.25, 0.3) is 0 Å². The fraction of sp³-hybridized carbons (Fsp3) is 1.00. The Morgan fingerprint density at radius 1 is 1.00 bits per heavy atom. The molecule has 0 spiro atoms. The minimum Gasteiger partial charge on any atom is -0.374 e. The van der Waals surface area contributed by atoms with Crippen molar-refractivity contribution in [3.8, 4) is 0 Å². The van der Waals surface area contributed by atoms with Crippen LogP contribution in [0, 0.1) is 11.8 Å². The van der Waals surface area contributed by atoms with Crippen molar-refractivity contribution in [3.63, 3.8) is 0 Å². The minimum absolute atomic E-state index is 0.498. The summed E-state index contributed by atoms with van der Waals surface area (Å²) in [5.41, 5.74) is 0. The van der Waals surface area contributed by atoms with E-state index in [9.17, 15) is 0 Å². The van der Waals surface area contributed by atoms with Gasteiger partial charge in [-0.2, -0.15) is 0 Å². The van der Waals surface area contributed by atoms with Gasteiger partial charge in [-0.05, 0) is 44.1 Å². The third-order valence-corrected chi connectivity index (χ3v) is 3.54. The lowest BCUT2D eigenvalue weighted by atomic mass is 9.82. The summed E-state index contributed by atoms with van der Waals surface area (Å²) in [6.07, 6.45) is 6.19. The van der Waals surface area contributed by atoms with E-state index in [0.717, 1.165) is 24.9 Å². The summed E-state index contributed by atoms with van der Waals surface area (Å²) in [6.45, 7) is 6.93. The molecule has 2 rings (SSSR count). The van der Waals surface area contributed by atoms with Crippen molar-refractivity contribution in [3.05, 3.63) is 0 Å². The normalized spacial score (nSPS) is 44.1. The number of ether oxygens (including phenoxy) is 1. The molecule has 1 heterocycles. The summed E-state index contributed by atoms with van der Waals surface area (Å²) < 4.78 is 6.13. The van der Waals surface area contributed by atoms with E-state index in [2.05, 4.69) is 19.2 Å². The van der Waals surface area contributed by atoms with Gasteiger partial charge >= 0.3 is 0 Å². The Labute approximate surface area is 87.4 Å². The van der Waals surface area contributed by atoms with Crippen molar-refractivity contribution in [2.24, 2.45) is 11.8 Å². The average Bonchev–Trinajstić information content (AvgIpc) is 2.54. The number of hydrogen-bond donors (Lipinski definition) is 1. The molecule has 0 radical (unpaired) electrons. The third kappa shape index (κ3) is 2.71. The largest absolute Gasteiger partial charge is 0.374 e. The molecule has 0 aromatic heterocycles. The summed E-state index contributed by atoms with van der Waals surface area (Å²) >= 11 is 0. The van der Waals surface area contributed by atoms with Gasteiger partial charge < -0.3 is 10.1 Å². The Kier molecular flexibility index (Phi) is 3.45. The highest BCUT2D eigenvalue weighted by atomic mass is 16.5. The predicted molar refractivity (Wildman–Crippen MR) is 58.3 cm³/mol. The van der Waals surface area contributed by atoms with E-state index < -0.39 is 0 Å². The molecule has 1 N–H and O–H groups in total. The molecule has 0 aromatic rings. The molecule has 1 aliphatic heterocycles. The molecule has 1 saturated carbocycles. The molecule has 2 nitrogen and oxygen atoms in total. The van der Waals surface area contributed by atoms with Gasteiger partial charge in [-0.3, -0.25) is 0 Å². The molecule has 2 heteroatoms. The zero-order valence-electron chi connectivity index (χ0n) is 9.46. The maximum atomic E-state index is 6.13. The number of nitrogens with one attached hydrogen (secondary N) is 1. The van der Waals surface area contributed by atoms with Gasteiger partial charge in [-0.15, -0.1) is 0 Å². The van der Waals surface area contributed by atoms with Gasteiger partial charge in [-0.25, -0.2) is 0 Å². The van der Waals surface area contributed by atoms with Gasteiger partial charge in [0.1, 0.15) is 0 Å². The summed E-state index contributed by atoms with van der Waals surface area (Å²) in [5.74, 6) is 1.72. The van der Waals surface area contributed by atoms with Crippen LogP contribution in [0.4, 0.5) is 0 Å². The maximum Gasteiger partial charge on any atom is 0.0715 e. The molecular weight excluding hydrogens is 174 g/mol. The van der Waals surface area contributed by atoms with Crippen LogP contribution in [0.15, 0.2) is 0 Å². The third-order valence-electron chi connectivity index (χ3n) is 3.54. The van der Waals surface area contributed by atoms with E-state index in [4.69, 9.17) is 4.74 Å². The molecule has 0 amide bonds. The van der Waals surface area contributed by atoms with Gasteiger partial charge in [0.25, 0.3) is 0 Å². The van der Waals surface area contributed by atoms with Crippen molar-refractivity contribution < 1.29 is 4.74 Å². The van der Waals surface area contributed by atoms with E-state index in [1.165, 1.54) is 25.7 Å². The first-order chi connectivity index (χ1) is 6.74. The van der Waals surface area contributed by atoms with E-state index in [0.29, 0.717) is 12.2 Å². The predicted octanol–water partition coefficient (Wildman–Crippen LogP) is 2.19. The zero-order chi connectivity index (χ0) is 9.97. The van der Waals surface area contributed by atoms with Crippen molar-refractivity contribution >= 4 is 0 Å². The molecule has 0 aromatic carbocycles. The highest BCUT2D eigenvalue weighted by molar-refractivity contribution is 4.79. The van der Waals surface area contributed by atoms with Gasteiger partial charge in [0.15, 0.2) is 0 Å². The van der Waals surface area contributed by atoms with Crippen LogP contribution in [-0.4, -0.2) is 25.3 Å². The smallest absolute Gasteiger partial charge is 0.0715 e. The molecule has 2 fully saturated rings. The first-order valence-electron chi connectivity index (χ1n) is 6.10. The fourth-order valence-electron chi connectivity index (χ4n) is 3.00. The van der Waals surface area contributed by atoms with Crippen LogP contribution in [0.3, 0.4) is 0 Å². The Balaban J connectivity index is 1.78. The molecule has 14 heavy (non-hydrogen) atoms. The summed E-state index contributed by atoms with van der Waals surface area (Å²) in [7, 11) is 0. The maximum absolute atomic E-state index is 6.13. The second kappa shape index (κ2) is 4.63. The monoisotopic (exact) mass is 197 g/mol. The van der Waals surface area contributed by atoms with Crippen molar-refractivity contribution in [2.45, 2.75) is 51.7 Å². The van der Waals surface area contributed by atoms with Gasteiger partial charge in [0.2, 0.25) is 0 Å².